The lowest BCUT2D eigenvalue weighted by Gasteiger charge is -2.39. The van der Waals surface area contributed by atoms with E-state index in [4.69, 9.17) is 4.74 Å². The van der Waals surface area contributed by atoms with Crippen LogP contribution in [0.4, 0.5) is 0 Å². The van der Waals surface area contributed by atoms with Crippen LogP contribution >= 0.6 is 11.8 Å². The smallest absolute Gasteiger partial charge is 0.316 e. The predicted octanol–water partition coefficient (Wildman–Crippen LogP) is 0.963. The van der Waals surface area contributed by atoms with Crippen molar-refractivity contribution in [3.8, 4) is 6.01 Å². The zero-order chi connectivity index (χ0) is 17.2. The van der Waals surface area contributed by atoms with E-state index < -0.39 is 0 Å². The summed E-state index contributed by atoms with van der Waals surface area (Å²) in [6.45, 7) is 3.38. The third-order valence-electron chi connectivity index (χ3n) is 4.63. The molecule has 0 amide bonds. The summed E-state index contributed by atoms with van der Waals surface area (Å²) in [5.74, 6) is 2.47. The fourth-order valence-electron chi connectivity index (χ4n) is 3.34. The molecule has 1 fully saturated rings. The van der Waals surface area contributed by atoms with Gasteiger partial charge in [-0.1, -0.05) is 0 Å². The van der Waals surface area contributed by atoms with Gasteiger partial charge >= 0.3 is 6.01 Å². The number of fused-ring (bicyclic) bond motifs is 1. The number of aromatic nitrogens is 4. The lowest BCUT2D eigenvalue weighted by Crippen LogP contribution is -2.49. The molecule has 0 spiro atoms. The van der Waals surface area contributed by atoms with Gasteiger partial charge in [0.1, 0.15) is 0 Å². The molecular formula is C17H21N5O2S. The molecule has 1 saturated heterocycles. The quantitative estimate of drug-likeness (QED) is 0.787. The number of hydrogen-bond acceptors (Lipinski definition) is 7. The lowest BCUT2D eigenvalue weighted by atomic mass is 10.00. The van der Waals surface area contributed by atoms with Gasteiger partial charge in [0.05, 0.1) is 25.0 Å². The monoisotopic (exact) mass is 359 g/mol. The van der Waals surface area contributed by atoms with Crippen LogP contribution in [0.15, 0.2) is 23.1 Å². The highest BCUT2D eigenvalue weighted by Gasteiger charge is 2.28. The maximum Gasteiger partial charge on any atom is 0.316 e. The van der Waals surface area contributed by atoms with E-state index in [1.54, 1.807) is 24.1 Å². The minimum absolute atomic E-state index is 0.0280. The van der Waals surface area contributed by atoms with E-state index in [2.05, 4.69) is 20.0 Å². The van der Waals surface area contributed by atoms with Gasteiger partial charge in [-0.05, 0) is 17.4 Å². The van der Waals surface area contributed by atoms with Crippen LogP contribution in [0.5, 0.6) is 6.01 Å². The number of ether oxygens (including phenoxy) is 1. The Bertz CT molecular complexity index is 819. The molecular weight excluding hydrogens is 338 g/mol. The van der Waals surface area contributed by atoms with Crippen molar-refractivity contribution < 1.29 is 4.74 Å². The van der Waals surface area contributed by atoms with Crippen LogP contribution in [0.1, 0.15) is 17.0 Å². The first-order valence-corrected chi connectivity index (χ1v) is 9.62. The molecule has 4 heterocycles. The average Bonchev–Trinajstić information content (AvgIpc) is 2.60. The number of aryl methyl sites for hydroxylation is 1. The molecule has 132 valence electrons. The summed E-state index contributed by atoms with van der Waals surface area (Å²) < 4.78 is 6.72. The summed E-state index contributed by atoms with van der Waals surface area (Å²) in [6.07, 6.45) is 2.68. The van der Waals surface area contributed by atoms with Gasteiger partial charge in [-0.15, -0.1) is 0 Å². The maximum atomic E-state index is 12.3. The minimum Gasteiger partial charge on any atom is -0.467 e. The summed E-state index contributed by atoms with van der Waals surface area (Å²) in [5.41, 5.74) is 3.19. The number of thioether (sulfide) groups is 1. The third kappa shape index (κ3) is 3.69. The molecule has 0 bridgehead atoms. The van der Waals surface area contributed by atoms with Crippen LogP contribution < -0.4 is 10.3 Å². The Labute approximate surface area is 150 Å². The Hall–Kier alpha value is -1.93. The van der Waals surface area contributed by atoms with Crippen molar-refractivity contribution in [3.05, 3.63) is 45.6 Å². The molecule has 2 aliphatic heterocycles. The zero-order valence-corrected chi connectivity index (χ0v) is 15.0. The molecule has 25 heavy (non-hydrogen) atoms. The van der Waals surface area contributed by atoms with Crippen molar-refractivity contribution in [1.82, 2.24) is 24.6 Å². The van der Waals surface area contributed by atoms with Crippen LogP contribution in [-0.2, 0) is 25.3 Å². The van der Waals surface area contributed by atoms with Crippen molar-refractivity contribution in [2.45, 2.75) is 25.3 Å². The van der Waals surface area contributed by atoms with E-state index in [0.29, 0.717) is 18.5 Å². The van der Waals surface area contributed by atoms with E-state index in [0.717, 1.165) is 54.5 Å². The molecule has 4 rings (SSSR count). The SMILES string of the molecule is COc1nccc(CN2CC(Cn3nc4c(cc3=O)CSCC4)C2)n1. The van der Waals surface area contributed by atoms with Crippen LogP contribution in [0.25, 0.3) is 0 Å². The van der Waals surface area contributed by atoms with Crippen molar-refractivity contribution in [2.24, 2.45) is 5.92 Å². The molecule has 0 radical (unpaired) electrons. The number of methoxy groups -OCH3 is 1. The minimum atomic E-state index is 0.0280. The fraction of sp³-hybridized carbons (Fsp3) is 0.529. The first-order valence-electron chi connectivity index (χ1n) is 8.47. The van der Waals surface area contributed by atoms with Gasteiger partial charge in [-0.25, -0.2) is 9.67 Å². The van der Waals surface area contributed by atoms with Gasteiger partial charge in [0.15, 0.2) is 0 Å². The second-order valence-corrected chi connectivity index (χ2v) is 7.64. The van der Waals surface area contributed by atoms with Crippen molar-refractivity contribution in [3.63, 3.8) is 0 Å². The molecule has 2 aromatic rings. The average molecular weight is 359 g/mol. The van der Waals surface area contributed by atoms with Gasteiger partial charge < -0.3 is 4.74 Å². The van der Waals surface area contributed by atoms with Crippen LogP contribution in [0.3, 0.4) is 0 Å². The zero-order valence-electron chi connectivity index (χ0n) is 14.2. The Balaban J connectivity index is 1.34. The van der Waals surface area contributed by atoms with E-state index in [1.807, 2.05) is 17.8 Å². The number of nitrogens with zero attached hydrogens (tertiary/aromatic N) is 5. The Kier molecular flexibility index (Phi) is 4.72. The highest BCUT2D eigenvalue weighted by molar-refractivity contribution is 7.98. The topological polar surface area (TPSA) is 73.1 Å². The molecule has 7 nitrogen and oxygen atoms in total. The van der Waals surface area contributed by atoms with Gasteiger partial charge in [0, 0.05) is 50.0 Å². The van der Waals surface area contributed by atoms with Crippen LogP contribution in [0, 0.1) is 5.92 Å². The summed E-state index contributed by atoms with van der Waals surface area (Å²) in [7, 11) is 1.57. The molecule has 8 heteroatoms. The first kappa shape index (κ1) is 16.5. The lowest BCUT2D eigenvalue weighted by molar-refractivity contribution is 0.0750. The van der Waals surface area contributed by atoms with Crippen molar-refractivity contribution in [1.29, 1.82) is 0 Å². The maximum absolute atomic E-state index is 12.3. The summed E-state index contributed by atoms with van der Waals surface area (Å²) >= 11 is 1.87. The van der Waals surface area contributed by atoms with Gasteiger partial charge in [-0.3, -0.25) is 9.69 Å². The van der Waals surface area contributed by atoms with Gasteiger partial charge in [-0.2, -0.15) is 21.8 Å². The van der Waals surface area contributed by atoms with Crippen molar-refractivity contribution in [2.75, 3.05) is 26.0 Å². The largest absolute Gasteiger partial charge is 0.467 e. The van der Waals surface area contributed by atoms with Gasteiger partial charge in [0.25, 0.3) is 5.56 Å². The normalized spacial score (nSPS) is 17.8. The van der Waals surface area contributed by atoms with E-state index in [-0.39, 0.29) is 5.56 Å². The Morgan fingerprint density at radius 3 is 3.12 bits per heavy atom. The fourth-order valence-corrected chi connectivity index (χ4v) is 4.29. The molecule has 0 aromatic carbocycles. The third-order valence-corrected chi connectivity index (χ3v) is 5.64. The second kappa shape index (κ2) is 7.13. The number of rotatable bonds is 5. The second-order valence-electron chi connectivity index (χ2n) is 6.53. The van der Waals surface area contributed by atoms with E-state index >= 15 is 0 Å². The molecule has 2 aromatic heterocycles. The van der Waals surface area contributed by atoms with Crippen LogP contribution in [-0.4, -0.2) is 50.6 Å². The molecule has 0 atom stereocenters. The predicted molar refractivity (Wildman–Crippen MR) is 95.7 cm³/mol. The number of hydrogen-bond donors (Lipinski definition) is 0. The molecule has 2 aliphatic rings. The highest BCUT2D eigenvalue weighted by Crippen LogP contribution is 2.22. The molecule has 0 unspecified atom stereocenters. The van der Waals surface area contributed by atoms with E-state index in [1.165, 1.54) is 0 Å². The van der Waals surface area contributed by atoms with E-state index in [9.17, 15) is 4.79 Å². The summed E-state index contributed by atoms with van der Waals surface area (Å²) in [5, 5.41) is 4.60. The summed E-state index contributed by atoms with van der Waals surface area (Å²) in [4.78, 5) is 22.9. The van der Waals surface area contributed by atoms with Crippen LogP contribution in [0.2, 0.25) is 0 Å². The van der Waals surface area contributed by atoms with Crippen molar-refractivity contribution >= 4 is 11.8 Å². The Morgan fingerprint density at radius 2 is 2.28 bits per heavy atom. The molecule has 0 N–H and O–H groups in total. The summed E-state index contributed by atoms with van der Waals surface area (Å²) in [6, 6.07) is 4.08. The standard InChI is InChI=1S/C17H21N5O2S/c1-24-17-18-4-2-14(19-17)10-21-7-12(8-21)9-22-16(23)6-13-11-25-5-3-15(13)20-22/h2,4,6,12H,3,5,7-11H2,1H3. The first-order chi connectivity index (χ1) is 12.2. The Morgan fingerprint density at radius 1 is 1.40 bits per heavy atom. The molecule has 0 aliphatic carbocycles. The molecule has 0 saturated carbocycles. The number of likely N-dealkylation sites (tertiary alicyclic amines) is 1. The highest BCUT2D eigenvalue weighted by atomic mass is 32.2. The van der Waals surface area contributed by atoms with Gasteiger partial charge in [0.2, 0.25) is 0 Å².